The van der Waals surface area contributed by atoms with E-state index in [1.165, 1.54) is 18.2 Å². The van der Waals surface area contributed by atoms with E-state index in [0.29, 0.717) is 5.76 Å². The lowest BCUT2D eigenvalue weighted by Gasteiger charge is -2.20. The Hall–Kier alpha value is -3.47. The summed E-state index contributed by atoms with van der Waals surface area (Å²) in [5, 5.41) is 19.3. The summed E-state index contributed by atoms with van der Waals surface area (Å²) in [6.07, 6.45) is 0. The molecule has 2 amide bonds. The second-order valence-corrected chi connectivity index (χ2v) is 7.00. The van der Waals surface area contributed by atoms with Gasteiger partial charge in [0.1, 0.15) is 16.8 Å². The third kappa shape index (κ3) is 6.01. The van der Waals surface area contributed by atoms with Crippen LogP contribution in [0, 0.1) is 23.0 Å². The van der Waals surface area contributed by atoms with Gasteiger partial charge in [-0.1, -0.05) is 30.6 Å². The van der Waals surface area contributed by atoms with Crippen LogP contribution in [0.1, 0.15) is 30.0 Å². The van der Waals surface area contributed by atoms with E-state index in [0.717, 1.165) is 6.07 Å². The molecule has 11 nitrogen and oxygen atoms in total. The first-order chi connectivity index (χ1) is 14.1. The van der Waals surface area contributed by atoms with E-state index >= 15 is 0 Å². The van der Waals surface area contributed by atoms with Gasteiger partial charge >= 0.3 is 5.97 Å². The van der Waals surface area contributed by atoms with Gasteiger partial charge in [0.2, 0.25) is 0 Å². The summed E-state index contributed by atoms with van der Waals surface area (Å²) in [6, 6.07) is 3.92. The maximum atomic E-state index is 12.4. The predicted octanol–water partition coefficient (Wildman–Crippen LogP) is 2.48. The summed E-state index contributed by atoms with van der Waals surface area (Å²) in [7, 11) is 0. The van der Waals surface area contributed by atoms with Crippen LogP contribution in [0.4, 0.5) is 11.5 Å². The molecule has 0 saturated heterocycles. The molecular weight excluding hydrogens is 420 g/mol. The third-order valence-electron chi connectivity index (χ3n) is 3.85. The number of benzene rings is 1. The van der Waals surface area contributed by atoms with Crippen LogP contribution in [0.3, 0.4) is 0 Å². The van der Waals surface area contributed by atoms with Crippen LogP contribution in [0.25, 0.3) is 0 Å². The Morgan fingerprint density at radius 1 is 1.30 bits per heavy atom. The summed E-state index contributed by atoms with van der Waals surface area (Å²) in [6.45, 7) is 4.37. The normalized spacial score (nSPS) is 11.6. The minimum atomic E-state index is -1.09. The second kappa shape index (κ2) is 9.83. The van der Waals surface area contributed by atoms with Gasteiger partial charge in [-0.3, -0.25) is 19.7 Å². The van der Waals surface area contributed by atoms with Gasteiger partial charge in [-0.2, -0.15) is 0 Å². The number of hydrogen-bond acceptors (Lipinski definition) is 8. The number of esters is 1. The number of aromatic nitrogens is 1. The SMILES string of the molecule is Cc1cc(NC(=O)COC(=O)[C@@H](NC(=O)c2ccc(Cl)c([N+](=O)[O-])c2)C(C)C)no1. The number of anilines is 1. The highest BCUT2D eigenvalue weighted by Gasteiger charge is 2.27. The standard InChI is InChI=1S/C18H19ClN4O7/c1-9(2)16(18(26)29-8-15(24)20-14-6-10(3)30-22-14)21-17(25)11-4-5-12(19)13(7-11)23(27)28/h4-7,9,16H,8H2,1-3H3,(H,21,25)(H,20,22,24)/t16-/m0/s1. The van der Waals surface area contributed by atoms with Gasteiger partial charge in [0, 0.05) is 17.7 Å². The molecule has 2 N–H and O–H groups in total. The Kier molecular flexibility index (Phi) is 7.48. The van der Waals surface area contributed by atoms with Crippen molar-refractivity contribution >= 4 is 40.9 Å². The predicted molar refractivity (Wildman–Crippen MR) is 105 cm³/mol. The number of rotatable bonds is 8. The molecule has 160 valence electrons. The van der Waals surface area contributed by atoms with Crippen LogP contribution >= 0.6 is 11.6 Å². The first kappa shape index (κ1) is 22.8. The highest BCUT2D eigenvalue weighted by molar-refractivity contribution is 6.32. The van der Waals surface area contributed by atoms with Crippen molar-refractivity contribution in [1.82, 2.24) is 10.5 Å². The number of halogens is 1. The van der Waals surface area contributed by atoms with Gasteiger partial charge in [0.15, 0.2) is 12.4 Å². The summed E-state index contributed by atoms with van der Waals surface area (Å²) in [5.41, 5.74) is -0.489. The number of nitrogens with zero attached hydrogens (tertiary/aromatic N) is 2. The summed E-state index contributed by atoms with van der Waals surface area (Å²) in [4.78, 5) is 46.9. The number of hydrogen-bond donors (Lipinski definition) is 2. The fourth-order valence-corrected chi connectivity index (χ4v) is 2.53. The molecule has 30 heavy (non-hydrogen) atoms. The van der Waals surface area contributed by atoms with Crippen molar-refractivity contribution in [2.75, 3.05) is 11.9 Å². The Bertz CT molecular complexity index is 973. The number of aryl methyl sites for hydroxylation is 1. The van der Waals surface area contributed by atoms with Crippen molar-refractivity contribution in [2.45, 2.75) is 26.8 Å². The largest absolute Gasteiger partial charge is 0.454 e. The number of nitrogens with one attached hydrogen (secondary N) is 2. The van der Waals surface area contributed by atoms with Crippen molar-refractivity contribution in [2.24, 2.45) is 5.92 Å². The lowest BCUT2D eigenvalue weighted by molar-refractivity contribution is -0.384. The number of carbonyl (C=O) groups is 3. The fourth-order valence-electron chi connectivity index (χ4n) is 2.35. The number of ether oxygens (including phenoxy) is 1. The molecule has 0 unspecified atom stereocenters. The van der Waals surface area contributed by atoms with E-state index in [2.05, 4.69) is 15.8 Å². The molecule has 0 aliphatic rings. The van der Waals surface area contributed by atoms with E-state index in [4.69, 9.17) is 20.9 Å². The summed E-state index contributed by atoms with van der Waals surface area (Å²) in [5.74, 6) is -1.93. The highest BCUT2D eigenvalue weighted by atomic mass is 35.5. The average Bonchev–Trinajstić information content (AvgIpc) is 3.08. The van der Waals surface area contributed by atoms with Crippen LogP contribution in [0.15, 0.2) is 28.8 Å². The smallest absolute Gasteiger partial charge is 0.329 e. The molecule has 1 aromatic heterocycles. The zero-order chi connectivity index (χ0) is 22.4. The molecule has 1 heterocycles. The van der Waals surface area contributed by atoms with Gasteiger partial charge in [-0.25, -0.2) is 4.79 Å². The fraction of sp³-hybridized carbons (Fsp3) is 0.333. The lowest BCUT2D eigenvalue weighted by atomic mass is 10.0. The number of nitro groups is 1. The molecule has 1 aromatic carbocycles. The Labute approximate surface area is 175 Å². The molecule has 0 aliphatic carbocycles. The van der Waals surface area contributed by atoms with Crippen LogP contribution in [-0.4, -0.2) is 40.5 Å². The minimum Gasteiger partial charge on any atom is -0.454 e. The molecule has 0 aliphatic heterocycles. The van der Waals surface area contributed by atoms with Crippen LogP contribution in [0.2, 0.25) is 5.02 Å². The van der Waals surface area contributed by atoms with Crippen molar-refractivity contribution in [3.05, 3.63) is 50.7 Å². The van der Waals surface area contributed by atoms with Crippen molar-refractivity contribution in [1.29, 1.82) is 0 Å². The molecule has 2 rings (SSSR count). The van der Waals surface area contributed by atoms with Crippen LogP contribution < -0.4 is 10.6 Å². The molecular formula is C18H19ClN4O7. The molecule has 0 fully saturated rings. The molecule has 0 radical (unpaired) electrons. The molecule has 12 heteroatoms. The van der Waals surface area contributed by atoms with Gasteiger partial charge in [-0.15, -0.1) is 0 Å². The number of nitro benzene ring substituents is 1. The first-order valence-corrected chi connectivity index (χ1v) is 9.11. The maximum Gasteiger partial charge on any atom is 0.329 e. The summed E-state index contributed by atoms with van der Waals surface area (Å²) < 4.78 is 9.78. The molecule has 0 bridgehead atoms. The molecule has 2 aromatic rings. The zero-order valence-corrected chi connectivity index (χ0v) is 17.1. The maximum absolute atomic E-state index is 12.4. The van der Waals surface area contributed by atoms with Gasteiger partial charge < -0.3 is 19.9 Å². The quantitative estimate of drug-likeness (QED) is 0.362. The monoisotopic (exact) mass is 438 g/mol. The number of carbonyl (C=O) groups excluding carboxylic acids is 3. The third-order valence-corrected chi connectivity index (χ3v) is 4.17. The first-order valence-electron chi connectivity index (χ1n) is 8.73. The van der Waals surface area contributed by atoms with E-state index in [-0.39, 0.29) is 22.3 Å². The molecule has 1 atom stereocenters. The summed E-state index contributed by atoms with van der Waals surface area (Å²) >= 11 is 5.74. The zero-order valence-electron chi connectivity index (χ0n) is 16.3. The van der Waals surface area contributed by atoms with Crippen molar-refractivity contribution in [3.8, 4) is 0 Å². The number of amides is 2. The molecule has 0 saturated carbocycles. The van der Waals surface area contributed by atoms with Gasteiger partial charge in [-0.05, 0) is 25.0 Å². The average molecular weight is 439 g/mol. The van der Waals surface area contributed by atoms with Gasteiger partial charge in [0.25, 0.3) is 17.5 Å². The lowest BCUT2D eigenvalue weighted by Crippen LogP contribution is -2.46. The van der Waals surface area contributed by atoms with Crippen LogP contribution in [0.5, 0.6) is 0 Å². The molecule has 0 spiro atoms. The van der Waals surface area contributed by atoms with E-state index in [1.807, 2.05) is 0 Å². The highest BCUT2D eigenvalue weighted by Crippen LogP contribution is 2.25. The Morgan fingerprint density at radius 3 is 2.57 bits per heavy atom. The van der Waals surface area contributed by atoms with E-state index in [1.54, 1.807) is 20.8 Å². The Balaban J connectivity index is 2.00. The van der Waals surface area contributed by atoms with E-state index < -0.39 is 41.0 Å². The van der Waals surface area contributed by atoms with Crippen molar-refractivity contribution < 1.29 is 28.6 Å². The second-order valence-electron chi connectivity index (χ2n) is 6.60. The topological polar surface area (TPSA) is 154 Å². The van der Waals surface area contributed by atoms with Crippen LogP contribution in [-0.2, 0) is 14.3 Å². The van der Waals surface area contributed by atoms with E-state index in [9.17, 15) is 24.5 Å². The van der Waals surface area contributed by atoms with Gasteiger partial charge in [0.05, 0.1) is 4.92 Å². The Morgan fingerprint density at radius 2 is 2.00 bits per heavy atom. The van der Waals surface area contributed by atoms with Crippen molar-refractivity contribution in [3.63, 3.8) is 0 Å². The minimum absolute atomic E-state index is 0.0521.